The molecule has 0 spiro atoms. The molecule has 0 aromatic heterocycles. The van der Waals surface area contributed by atoms with E-state index in [2.05, 4.69) is 0 Å². The predicted molar refractivity (Wildman–Crippen MR) is 83.7 cm³/mol. The summed E-state index contributed by atoms with van der Waals surface area (Å²) < 4.78 is 30.5. The van der Waals surface area contributed by atoms with E-state index in [0.29, 0.717) is 44.0 Å². The minimum absolute atomic E-state index is 0.0171. The van der Waals surface area contributed by atoms with Gasteiger partial charge in [-0.2, -0.15) is 0 Å². The van der Waals surface area contributed by atoms with Gasteiger partial charge in [-0.3, -0.25) is 9.10 Å². The van der Waals surface area contributed by atoms with E-state index in [4.69, 9.17) is 4.74 Å². The van der Waals surface area contributed by atoms with Crippen LogP contribution in [0.25, 0.3) is 0 Å². The zero-order valence-corrected chi connectivity index (χ0v) is 13.6. The second-order valence-corrected chi connectivity index (χ2v) is 7.72. The highest BCUT2D eigenvalue weighted by Crippen LogP contribution is 2.34. The number of hydrogen-bond donors (Lipinski definition) is 0. The van der Waals surface area contributed by atoms with E-state index in [9.17, 15) is 13.2 Å². The van der Waals surface area contributed by atoms with Crippen molar-refractivity contribution in [2.45, 2.75) is 19.4 Å². The molecule has 3 rings (SSSR count). The number of fused-ring (bicyclic) bond motifs is 1. The fraction of sp³-hybridized carbons (Fsp3) is 0.533. The number of carbonyl (C=O) groups excluding carboxylic acids is 1. The Morgan fingerprint density at radius 3 is 2.59 bits per heavy atom. The molecule has 7 heteroatoms. The first kappa shape index (κ1) is 15.3. The lowest BCUT2D eigenvalue weighted by Crippen LogP contribution is -2.40. The summed E-state index contributed by atoms with van der Waals surface area (Å²) in [6.07, 6.45) is 1.85. The Hall–Kier alpha value is -1.60. The minimum Gasteiger partial charge on any atom is -0.378 e. The Bertz CT molecular complexity index is 695. The first-order valence-corrected chi connectivity index (χ1v) is 9.22. The van der Waals surface area contributed by atoms with Crippen molar-refractivity contribution < 1.29 is 17.9 Å². The van der Waals surface area contributed by atoms with E-state index < -0.39 is 10.0 Å². The van der Waals surface area contributed by atoms with Crippen LogP contribution >= 0.6 is 0 Å². The van der Waals surface area contributed by atoms with E-state index in [1.54, 1.807) is 17.0 Å². The van der Waals surface area contributed by atoms with Crippen molar-refractivity contribution in [1.29, 1.82) is 0 Å². The second kappa shape index (κ2) is 5.55. The van der Waals surface area contributed by atoms with Crippen LogP contribution < -0.4 is 4.31 Å². The molecule has 2 aliphatic rings. The maximum Gasteiger partial charge on any atom is 0.254 e. The Kier molecular flexibility index (Phi) is 3.86. The molecule has 0 N–H and O–H groups in total. The first-order chi connectivity index (χ1) is 10.4. The highest BCUT2D eigenvalue weighted by molar-refractivity contribution is 7.92. The van der Waals surface area contributed by atoms with Gasteiger partial charge in [-0.1, -0.05) is 0 Å². The average molecular weight is 324 g/mol. The van der Waals surface area contributed by atoms with Gasteiger partial charge in [0.2, 0.25) is 10.0 Å². The van der Waals surface area contributed by atoms with E-state index in [1.165, 1.54) is 10.6 Å². The van der Waals surface area contributed by atoms with Crippen LogP contribution in [-0.2, 0) is 21.2 Å². The number of carbonyl (C=O) groups is 1. The van der Waals surface area contributed by atoms with Gasteiger partial charge in [0.15, 0.2) is 0 Å². The highest BCUT2D eigenvalue weighted by Gasteiger charge is 2.33. The second-order valence-electron chi connectivity index (χ2n) is 5.86. The van der Waals surface area contributed by atoms with Crippen molar-refractivity contribution in [1.82, 2.24) is 4.90 Å². The van der Waals surface area contributed by atoms with Crippen molar-refractivity contribution >= 4 is 21.6 Å². The van der Waals surface area contributed by atoms with Crippen LogP contribution in [0.2, 0.25) is 0 Å². The Balaban J connectivity index is 1.89. The molecular weight excluding hydrogens is 304 g/mol. The summed E-state index contributed by atoms with van der Waals surface area (Å²) in [7, 11) is -3.30. The lowest BCUT2D eigenvalue weighted by atomic mass is 10.1. The molecule has 1 fully saturated rings. The number of hydrogen-bond acceptors (Lipinski definition) is 4. The number of benzene rings is 1. The van der Waals surface area contributed by atoms with Crippen LogP contribution in [0.3, 0.4) is 0 Å². The lowest BCUT2D eigenvalue weighted by Gasteiger charge is -2.27. The molecule has 120 valence electrons. The normalized spacial score (nSPS) is 21.8. The molecule has 22 heavy (non-hydrogen) atoms. The molecule has 6 nitrogen and oxygen atoms in total. The topological polar surface area (TPSA) is 66.9 Å². The van der Waals surface area contributed by atoms with Gasteiger partial charge >= 0.3 is 0 Å². The van der Waals surface area contributed by atoms with Gasteiger partial charge in [0.25, 0.3) is 5.91 Å². The molecule has 0 bridgehead atoms. The fourth-order valence-electron chi connectivity index (χ4n) is 3.19. The average Bonchev–Trinajstić information content (AvgIpc) is 2.82. The molecule has 0 radical (unpaired) electrons. The van der Waals surface area contributed by atoms with E-state index in [-0.39, 0.29) is 11.9 Å². The number of nitrogens with zero attached hydrogens (tertiary/aromatic N) is 2. The van der Waals surface area contributed by atoms with Gasteiger partial charge in [-0.25, -0.2) is 8.42 Å². The molecular formula is C15H20N2O4S. The van der Waals surface area contributed by atoms with Gasteiger partial charge in [0.1, 0.15) is 0 Å². The Morgan fingerprint density at radius 2 is 1.95 bits per heavy atom. The lowest BCUT2D eigenvalue weighted by molar-refractivity contribution is 0.0303. The molecule has 1 aromatic carbocycles. The maximum absolute atomic E-state index is 12.5. The van der Waals surface area contributed by atoms with Crippen molar-refractivity contribution in [3.8, 4) is 0 Å². The zero-order chi connectivity index (χ0) is 15.9. The monoisotopic (exact) mass is 324 g/mol. The fourth-order valence-corrected chi connectivity index (χ4v) is 4.45. The SMILES string of the molecule is C[C@@H]1Cc2cc(C(=O)N3CCOCC3)ccc2N1S(C)(=O)=O. The number of sulfonamides is 1. The predicted octanol–water partition coefficient (Wildman–Crippen LogP) is 0.870. The number of ether oxygens (including phenoxy) is 1. The number of morpholine rings is 1. The molecule has 1 saturated heterocycles. The van der Waals surface area contributed by atoms with Crippen molar-refractivity contribution in [3.05, 3.63) is 29.3 Å². The van der Waals surface area contributed by atoms with E-state index in [1.807, 2.05) is 13.0 Å². The van der Waals surface area contributed by atoms with Crippen LogP contribution in [0, 0.1) is 0 Å². The smallest absolute Gasteiger partial charge is 0.254 e. The summed E-state index contributed by atoms with van der Waals surface area (Å²) in [6.45, 7) is 4.21. The van der Waals surface area contributed by atoms with Gasteiger partial charge < -0.3 is 9.64 Å². The van der Waals surface area contributed by atoms with Gasteiger partial charge in [0, 0.05) is 24.7 Å². The molecule has 2 aliphatic heterocycles. The van der Waals surface area contributed by atoms with Gasteiger partial charge in [-0.15, -0.1) is 0 Å². The van der Waals surface area contributed by atoms with Crippen LogP contribution in [0.5, 0.6) is 0 Å². The van der Waals surface area contributed by atoms with Gasteiger partial charge in [0.05, 0.1) is 25.2 Å². The van der Waals surface area contributed by atoms with E-state index in [0.717, 1.165) is 5.56 Å². The highest BCUT2D eigenvalue weighted by atomic mass is 32.2. The van der Waals surface area contributed by atoms with Crippen LogP contribution in [0.4, 0.5) is 5.69 Å². The largest absolute Gasteiger partial charge is 0.378 e. The summed E-state index contributed by atoms with van der Waals surface area (Å²) in [6, 6.07) is 5.17. The first-order valence-electron chi connectivity index (χ1n) is 7.37. The quantitative estimate of drug-likeness (QED) is 0.809. The maximum atomic E-state index is 12.5. The summed E-state index contributed by atoms with van der Waals surface area (Å²) in [5, 5.41) is 0. The minimum atomic E-state index is -3.30. The Labute approximate surface area is 130 Å². The third kappa shape index (κ3) is 2.70. The summed E-state index contributed by atoms with van der Waals surface area (Å²) in [5.41, 5.74) is 2.22. The number of anilines is 1. The van der Waals surface area contributed by atoms with Crippen molar-refractivity contribution in [3.63, 3.8) is 0 Å². The number of rotatable bonds is 2. The summed E-state index contributed by atoms with van der Waals surface area (Å²) in [4.78, 5) is 14.3. The molecule has 1 aromatic rings. The molecule has 1 amide bonds. The summed E-state index contributed by atoms with van der Waals surface area (Å²) >= 11 is 0. The third-order valence-electron chi connectivity index (χ3n) is 4.14. The third-order valence-corrected chi connectivity index (χ3v) is 5.41. The Morgan fingerprint density at radius 1 is 1.27 bits per heavy atom. The van der Waals surface area contributed by atoms with E-state index >= 15 is 0 Å². The van der Waals surface area contributed by atoms with Crippen molar-refractivity contribution in [2.75, 3.05) is 36.9 Å². The molecule has 1 atom stereocenters. The van der Waals surface area contributed by atoms with Crippen LogP contribution in [-0.4, -0.2) is 57.8 Å². The molecule has 0 saturated carbocycles. The zero-order valence-electron chi connectivity index (χ0n) is 12.8. The molecule has 0 unspecified atom stereocenters. The van der Waals surface area contributed by atoms with Crippen LogP contribution in [0.15, 0.2) is 18.2 Å². The van der Waals surface area contributed by atoms with Crippen molar-refractivity contribution in [2.24, 2.45) is 0 Å². The molecule has 2 heterocycles. The van der Waals surface area contributed by atoms with Gasteiger partial charge in [-0.05, 0) is 37.1 Å². The van der Waals surface area contributed by atoms with Crippen LogP contribution in [0.1, 0.15) is 22.8 Å². The standard InChI is InChI=1S/C15H20N2O4S/c1-11-9-13-10-12(15(18)16-5-7-21-8-6-16)3-4-14(13)17(11)22(2,19)20/h3-4,10-11H,5-9H2,1-2H3/t11-/m1/s1. The molecule has 0 aliphatic carbocycles. The number of amides is 1. The summed E-state index contributed by atoms with van der Waals surface area (Å²) in [5.74, 6) is -0.0171.